The molecule has 37 heavy (non-hydrogen) atoms. The number of ketones is 1. The van der Waals surface area contributed by atoms with E-state index in [2.05, 4.69) is 0 Å². The predicted molar refractivity (Wildman–Crippen MR) is 153 cm³/mol. The summed E-state index contributed by atoms with van der Waals surface area (Å²) in [5.74, 6) is -0.469. The molecule has 1 saturated heterocycles. The van der Waals surface area contributed by atoms with Gasteiger partial charge in [0.2, 0.25) is 5.91 Å². The molecule has 2 aliphatic rings. The largest absolute Gasteiger partial charge is 0.332 e. The predicted octanol–water partition coefficient (Wildman–Crippen LogP) is 6.86. The summed E-state index contributed by atoms with van der Waals surface area (Å²) in [6.45, 7) is 2.31. The van der Waals surface area contributed by atoms with Gasteiger partial charge < -0.3 is 10.6 Å². The Morgan fingerprint density at radius 3 is 2.43 bits per heavy atom. The second-order valence-electron chi connectivity index (χ2n) is 9.33. The monoisotopic (exact) mass is 574 g/mol. The van der Waals surface area contributed by atoms with Gasteiger partial charge in [-0.05, 0) is 55.2 Å². The first-order valence-corrected chi connectivity index (χ1v) is 13.3. The van der Waals surface area contributed by atoms with Gasteiger partial charge in [0.1, 0.15) is 0 Å². The van der Waals surface area contributed by atoms with E-state index in [9.17, 15) is 9.59 Å². The molecule has 1 amide bonds. The summed E-state index contributed by atoms with van der Waals surface area (Å²) >= 11 is 24.6. The number of carbonyl (C=O) groups excluding carboxylic acids is 2. The maximum Gasteiger partial charge on any atom is 0.240 e. The van der Waals surface area contributed by atoms with Crippen LogP contribution in [0.5, 0.6) is 0 Å². The molecule has 0 saturated carbocycles. The number of nitrogens with zero attached hydrogens (tertiary/aromatic N) is 1. The third-order valence-corrected chi connectivity index (χ3v) is 7.92. The van der Waals surface area contributed by atoms with Gasteiger partial charge in [0.15, 0.2) is 5.78 Å². The smallest absolute Gasteiger partial charge is 0.240 e. The first-order valence-electron chi connectivity index (χ1n) is 11.8. The van der Waals surface area contributed by atoms with E-state index in [0.29, 0.717) is 49.7 Å². The lowest BCUT2D eigenvalue weighted by atomic mass is 9.90. The quantitative estimate of drug-likeness (QED) is 0.396. The lowest BCUT2D eigenvalue weighted by Gasteiger charge is -2.32. The molecule has 2 aromatic carbocycles. The van der Waals surface area contributed by atoms with Crippen molar-refractivity contribution in [2.75, 3.05) is 13.1 Å². The van der Waals surface area contributed by atoms with Crippen molar-refractivity contribution in [3.05, 3.63) is 109 Å². The molecule has 1 unspecified atom stereocenters. The molecule has 8 heteroatoms. The zero-order chi connectivity index (χ0) is 26.7. The number of aryl methyl sites for hydroxylation is 1. The zero-order valence-corrected chi connectivity index (χ0v) is 23.2. The summed E-state index contributed by atoms with van der Waals surface area (Å²) in [4.78, 5) is 28.6. The van der Waals surface area contributed by atoms with E-state index >= 15 is 0 Å². The molecule has 0 bridgehead atoms. The fraction of sp³-hybridized carbons (Fsp3) is 0.241. The number of amides is 1. The summed E-state index contributed by atoms with van der Waals surface area (Å²) in [6, 6.07) is 12.3. The van der Waals surface area contributed by atoms with Crippen LogP contribution in [0.1, 0.15) is 23.1 Å². The number of allylic oxidation sites excluding steroid dienone is 5. The maximum atomic E-state index is 13.5. The Bertz CT molecular complexity index is 1340. The number of hydrogen-bond acceptors (Lipinski definition) is 3. The minimum absolute atomic E-state index is 0.114. The lowest BCUT2D eigenvalue weighted by molar-refractivity contribution is -0.132. The lowest BCUT2D eigenvalue weighted by Crippen LogP contribution is -2.49. The number of rotatable bonds is 5. The van der Waals surface area contributed by atoms with Crippen LogP contribution in [0.25, 0.3) is 6.08 Å². The normalized spacial score (nSPS) is 21.2. The van der Waals surface area contributed by atoms with Crippen LogP contribution < -0.4 is 5.73 Å². The van der Waals surface area contributed by atoms with E-state index in [-0.39, 0.29) is 30.7 Å². The SMILES string of the molecule is Cc1ccc(C[C@H](N)C(=O)N2C/C(=C\c3ccc(Cl)c(Cl)c3)C(=O)/C(=C/C3C=CC(Cl)=C(Cl)C3)C2)cc1. The van der Waals surface area contributed by atoms with Crippen LogP contribution in [-0.2, 0) is 16.0 Å². The first kappa shape index (κ1) is 27.7. The Hall–Kier alpha value is -2.34. The zero-order valence-electron chi connectivity index (χ0n) is 20.2. The van der Waals surface area contributed by atoms with Gasteiger partial charge in [0, 0.05) is 35.2 Å². The van der Waals surface area contributed by atoms with Crippen LogP contribution in [-0.4, -0.2) is 35.7 Å². The van der Waals surface area contributed by atoms with Crippen molar-refractivity contribution < 1.29 is 9.59 Å². The van der Waals surface area contributed by atoms with Crippen molar-refractivity contribution in [3.63, 3.8) is 0 Å². The van der Waals surface area contributed by atoms with Crippen LogP contribution in [0.4, 0.5) is 0 Å². The third kappa shape index (κ3) is 6.95. The molecule has 2 atom stereocenters. The topological polar surface area (TPSA) is 63.4 Å². The number of hydrogen-bond donors (Lipinski definition) is 1. The molecule has 1 heterocycles. The van der Waals surface area contributed by atoms with E-state index in [1.165, 1.54) is 0 Å². The van der Waals surface area contributed by atoms with E-state index in [4.69, 9.17) is 52.1 Å². The molecule has 1 aliphatic heterocycles. The summed E-state index contributed by atoms with van der Waals surface area (Å²) in [6.07, 6.45) is 8.12. The average Bonchev–Trinajstić information content (AvgIpc) is 2.87. The number of halogens is 4. The number of likely N-dealkylation sites (tertiary alicyclic amines) is 1. The van der Waals surface area contributed by atoms with Crippen LogP contribution in [0, 0.1) is 12.8 Å². The fourth-order valence-electron chi connectivity index (χ4n) is 4.36. The summed E-state index contributed by atoms with van der Waals surface area (Å²) in [5, 5.41) is 1.83. The highest BCUT2D eigenvalue weighted by Crippen LogP contribution is 2.32. The van der Waals surface area contributed by atoms with Gasteiger partial charge >= 0.3 is 0 Å². The maximum absolute atomic E-state index is 13.5. The highest BCUT2D eigenvalue weighted by molar-refractivity contribution is 6.42. The van der Waals surface area contributed by atoms with Crippen LogP contribution in [0.2, 0.25) is 10.0 Å². The van der Waals surface area contributed by atoms with E-state index < -0.39 is 6.04 Å². The summed E-state index contributed by atoms with van der Waals surface area (Å²) in [5.41, 5.74) is 10.2. The van der Waals surface area contributed by atoms with Crippen molar-refractivity contribution in [2.24, 2.45) is 11.7 Å². The van der Waals surface area contributed by atoms with Gasteiger partial charge in [-0.1, -0.05) is 94.5 Å². The van der Waals surface area contributed by atoms with Gasteiger partial charge in [-0.3, -0.25) is 9.59 Å². The Kier molecular flexibility index (Phi) is 8.99. The molecule has 0 spiro atoms. The standard InChI is InChI=1S/C29H26Cl4N2O2/c1-17-2-4-18(5-3-17)14-27(34)29(37)35-15-21(10-19-6-8-23(30)25(32)12-19)28(36)22(16-35)11-20-7-9-24(31)26(33)13-20/h2-12,20,27H,13-16,34H2,1H3/b21-10+,22-11+/t20?,27-/m0/s1. The van der Waals surface area contributed by atoms with Gasteiger partial charge in [-0.25, -0.2) is 0 Å². The molecule has 0 aromatic heterocycles. The Morgan fingerprint density at radius 1 is 1.05 bits per heavy atom. The van der Waals surface area contributed by atoms with Crippen molar-refractivity contribution in [1.29, 1.82) is 0 Å². The molecule has 4 rings (SSSR count). The fourth-order valence-corrected chi connectivity index (χ4v) is 5.06. The van der Waals surface area contributed by atoms with Crippen molar-refractivity contribution in [1.82, 2.24) is 4.90 Å². The Morgan fingerprint density at radius 2 is 1.76 bits per heavy atom. The van der Waals surface area contributed by atoms with E-state index in [0.717, 1.165) is 11.1 Å². The summed E-state index contributed by atoms with van der Waals surface area (Å²) in [7, 11) is 0. The molecule has 4 nitrogen and oxygen atoms in total. The molecule has 2 aromatic rings. The summed E-state index contributed by atoms with van der Waals surface area (Å²) < 4.78 is 0. The van der Waals surface area contributed by atoms with E-state index in [1.807, 2.05) is 43.3 Å². The van der Waals surface area contributed by atoms with Crippen LogP contribution >= 0.6 is 46.4 Å². The molecule has 2 N–H and O–H groups in total. The third-order valence-electron chi connectivity index (χ3n) is 6.37. The number of benzene rings is 2. The van der Waals surface area contributed by atoms with Crippen molar-refractivity contribution >= 4 is 64.2 Å². The van der Waals surface area contributed by atoms with Crippen molar-refractivity contribution in [2.45, 2.75) is 25.8 Å². The molecule has 0 radical (unpaired) electrons. The number of piperidine rings is 1. The Labute approximate surface area is 237 Å². The minimum atomic E-state index is -0.742. The highest BCUT2D eigenvalue weighted by atomic mass is 35.5. The molecule has 1 aliphatic carbocycles. The Balaban J connectivity index is 1.63. The second-order valence-corrected chi connectivity index (χ2v) is 11.0. The molecule has 1 fully saturated rings. The average molecular weight is 576 g/mol. The van der Waals surface area contributed by atoms with Gasteiger partial charge in [0.25, 0.3) is 0 Å². The molecular formula is C29H26Cl4N2O2. The van der Waals surface area contributed by atoms with Crippen LogP contribution in [0.3, 0.4) is 0 Å². The minimum Gasteiger partial charge on any atom is -0.332 e. The van der Waals surface area contributed by atoms with Crippen LogP contribution in [0.15, 0.2) is 81.9 Å². The number of nitrogens with two attached hydrogens (primary N) is 1. The number of Topliss-reactive ketones (excluding diaryl/α,β-unsaturated/α-hetero) is 1. The van der Waals surface area contributed by atoms with Gasteiger partial charge in [-0.2, -0.15) is 0 Å². The molecular weight excluding hydrogens is 550 g/mol. The second kappa shape index (κ2) is 12.0. The van der Waals surface area contributed by atoms with Crippen molar-refractivity contribution in [3.8, 4) is 0 Å². The number of carbonyl (C=O) groups is 2. The van der Waals surface area contributed by atoms with E-state index in [1.54, 1.807) is 35.3 Å². The van der Waals surface area contributed by atoms with Gasteiger partial charge in [0.05, 0.1) is 21.1 Å². The first-order chi connectivity index (χ1) is 17.6. The van der Waals surface area contributed by atoms with Gasteiger partial charge in [-0.15, -0.1) is 0 Å². The highest BCUT2D eigenvalue weighted by Gasteiger charge is 2.32. The molecule has 192 valence electrons.